The summed E-state index contributed by atoms with van der Waals surface area (Å²) in [5.74, 6) is -2.54. The minimum absolute atomic E-state index is 0.0262. The number of hydrogen-bond donors (Lipinski definition) is 2. The number of fused-ring (bicyclic) bond motifs is 1. The minimum Gasteiger partial charge on any atom is -0.486 e. The number of ether oxygens (including phenoxy) is 1. The van der Waals surface area contributed by atoms with Crippen molar-refractivity contribution < 1.29 is 18.3 Å². The first-order valence-electron chi connectivity index (χ1n) is 10.7. The Morgan fingerprint density at radius 1 is 1.25 bits per heavy atom. The van der Waals surface area contributed by atoms with Gasteiger partial charge in [-0.1, -0.05) is 6.92 Å². The molecule has 2 aromatic heterocycles. The second kappa shape index (κ2) is 9.52. The van der Waals surface area contributed by atoms with E-state index in [1.54, 1.807) is 37.5 Å². The Labute approximate surface area is 184 Å². The number of alkyl halides is 2. The monoisotopic (exact) mass is 441 g/mol. The van der Waals surface area contributed by atoms with E-state index in [9.17, 15) is 13.6 Å². The van der Waals surface area contributed by atoms with Gasteiger partial charge in [0.15, 0.2) is 11.6 Å². The molecular weight excluding hydrogens is 416 g/mol. The van der Waals surface area contributed by atoms with Crippen molar-refractivity contribution >= 4 is 22.6 Å². The number of hydrogen-bond acceptors (Lipinski definition) is 7. The van der Waals surface area contributed by atoms with Gasteiger partial charge in [0.1, 0.15) is 17.9 Å². The van der Waals surface area contributed by atoms with Gasteiger partial charge in [0.25, 0.3) is 5.92 Å². The first-order chi connectivity index (χ1) is 15.5. The lowest BCUT2D eigenvalue weighted by molar-refractivity contribution is -0.120. The van der Waals surface area contributed by atoms with E-state index in [1.165, 1.54) is 0 Å². The van der Waals surface area contributed by atoms with E-state index in [1.807, 2.05) is 12.1 Å². The smallest absolute Gasteiger partial charge is 0.255 e. The number of rotatable bonds is 8. The molecule has 3 aromatic rings. The van der Waals surface area contributed by atoms with Gasteiger partial charge in [-0.25, -0.2) is 18.7 Å². The largest absolute Gasteiger partial charge is 0.486 e. The van der Waals surface area contributed by atoms with Crippen LogP contribution in [0.2, 0.25) is 0 Å². The van der Waals surface area contributed by atoms with Crippen molar-refractivity contribution in [2.45, 2.75) is 25.7 Å². The number of aromatic nitrogens is 3. The Kier molecular flexibility index (Phi) is 6.55. The Morgan fingerprint density at radius 3 is 2.78 bits per heavy atom. The zero-order valence-electron chi connectivity index (χ0n) is 17.8. The van der Waals surface area contributed by atoms with Gasteiger partial charge in [0, 0.05) is 50.4 Å². The Balaban J connectivity index is 1.57. The Bertz CT molecular complexity index is 1090. The molecule has 2 N–H and O–H groups in total. The molecular formula is C23H25F2N5O2. The fourth-order valence-electron chi connectivity index (χ4n) is 3.56. The number of halogens is 2. The molecule has 1 unspecified atom stereocenters. The SMILES string of the molecule is CCC(=O)COc1ccc(-c2cc3nccnc3c(NCC3CNCCC3(F)F)n2)cc1. The molecule has 0 radical (unpaired) electrons. The summed E-state index contributed by atoms with van der Waals surface area (Å²) in [5, 5.41) is 6.10. The highest BCUT2D eigenvalue weighted by atomic mass is 19.3. The number of anilines is 1. The second-order valence-electron chi connectivity index (χ2n) is 7.78. The number of nitrogens with zero attached hydrogens (tertiary/aromatic N) is 3. The zero-order chi connectivity index (χ0) is 22.6. The van der Waals surface area contributed by atoms with Gasteiger partial charge in [-0.05, 0) is 30.3 Å². The topological polar surface area (TPSA) is 89.0 Å². The first kappa shape index (κ1) is 22.0. The number of carbonyl (C=O) groups excluding carboxylic acids is 1. The van der Waals surface area contributed by atoms with Crippen LogP contribution < -0.4 is 15.4 Å². The summed E-state index contributed by atoms with van der Waals surface area (Å²) < 4.78 is 34.0. The summed E-state index contributed by atoms with van der Waals surface area (Å²) in [6, 6.07) is 9.00. The van der Waals surface area contributed by atoms with Crippen molar-refractivity contribution in [3.63, 3.8) is 0 Å². The average Bonchev–Trinajstić information content (AvgIpc) is 2.81. The number of nitrogens with one attached hydrogen (secondary N) is 2. The molecule has 168 valence electrons. The van der Waals surface area contributed by atoms with E-state index >= 15 is 0 Å². The van der Waals surface area contributed by atoms with Crippen LogP contribution >= 0.6 is 0 Å². The van der Waals surface area contributed by atoms with Gasteiger partial charge in [-0.15, -0.1) is 0 Å². The summed E-state index contributed by atoms with van der Waals surface area (Å²) in [6.07, 6.45) is 3.39. The summed E-state index contributed by atoms with van der Waals surface area (Å²) in [6.45, 7) is 2.46. The number of carbonyl (C=O) groups is 1. The highest BCUT2D eigenvalue weighted by Gasteiger charge is 2.41. The molecule has 4 rings (SSSR count). The fourth-order valence-corrected chi connectivity index (χ4v) is 3.56. The molecule has 0 spiro atoms. The zero-order valence-corrected chi connectivity index (χ0v) is 17.8. The van der Waals surface area contributed by atoms with Crippen molar-refractivity contribution in [1.29, 1.82) is 0 Å². The van der Waals surface area contributed by atoms with Crippen LogP contribution in [0.3, 0.4) is 0 Å². The van der Waals surface area contributed by atoms with Gasteiger partial charge >= 0.3 is 0 Å². The number of ketones is 1. The van der Waals surface area contributed by atoms with Crippen LogP contribution in [0.4, 0.5) is 14.6 Å². The second-order valence-corrected chi connectivity index (χ2v) is 7.78. The third-order valence-corrected chi connectivity index (χ3v) is 5.54. The third-order valence-electron chi connectivity index (χ3n) is 5.54. The van der Waals surface area contributed by atoms with Crippen LogP contribution in [-0.4, -0.2) is 52.9 Å². The fraction of sp³-hybridized carbons (Fsp3) is 0.391. The maximum Gasteiger partial charge on any atom is 0.255 e. The molecule has 0 amide bonds. The quantitative estimate of drug-likeness (QED) is 0.551. The highest BCUT2D eigenvalue weighted by molar-refractivity contribution is 5.88. The molecule has 3 heterocycles. The number of piperidine rings is 1. The van der Waals surface area contributed by atoms with E-state index in [0.717, 1.165) is 5.56 Å². The number of pyridine rings is 1. The van der Waals surface area contributed by atoms with Gasteiger partial charge in [-0.3, -0.25) is 9.78 Å². The van der Waals surface area contributed by atoms with Crippen LogP contribution in [0.1, 0.15) is 19.8 Å². The van der Waals surface area contributed by atoms with Crippen molar-refractivity contribution in [2.24, 2.45) is 5.92 Å². The molecule has 1 atom stereocenters. The average molecular weight is 441 g/mol. The maximum atomic E-state index is 14.2. The summed E-state index contributed by atoms with van der Waals surface area (Å²) >= 11 is 0. The molecule has 32 heavy (non-hydrogen) atoms. The minimum atomic E-state index is -2.73. The van der Waals surface area contributed by atoms with E-state index in [4.69, 9.17) is 4.74 Å². The normalized spacial score (nSPS) is 17.8. The molecule has 9 heteroatoms. The predicted molar refractivity (Wildman–Crippen MR) is 118 cm³/mol. The van der Waals surface area contributed by atoms with Crippen LogP contribution in [-0.2, 0) is 4.79 Å². The summed E-state index contributed by atoms with van der Waals surface area (Å²) in [7, 11) is 0. The lowest BCUT2D eigenvalue weighted by atomic mass is 9.95. The molecule has 0 bridgehead atoms. The molecule has 0 saturated carbocycles. The van der Waals surface area contributed by atoms with Crippen molar-refractivity contribution in [1.82, 2.24) is 20.3 Å². The van der Waals surface area contributed by atoms with E-state index < -0.39 is 11.8 Å². The summed E-state index contributed by atoms with van der Waals surface area (Å²) in [5.41, 5.74) is 2.58. The van der Waals surface area contributed by atoms with Gasteiger partial charge < -0.3 is 15.4 Å². The van der Waals surface area contributed by atoms with Crippen LogP contribution in [0.15, 0.2) is 42.7 Å². The highest BCUT2D eigenvalue weighted by Crippen LogP contribution is 2.32. The van der Waals surface area contributed by atoms with Crippen LogP contribution in [0, 0.1) is 5.92 Å². The number of benzene rings is 1. The lowest BCUT2D eigenvalue weighted by Gasteiger charge is -2.32. The maximum absolute atomic E-state index is 14.2. The van der Waals surface area contributed by atoms with Crippen molar-refractivity contribution in [3.8, 4) is 17.0 Å². The molecule has 7 nitrogen and oxygen atoms in total. The van der Waals surface area contributed by atoms with Crippen molar-refractivity contribution in [2.75, 3.05) is 31.6 Å². The predicted octanol–water partition coefficient (Wildman–Crippen LogP) is 3.71. The van der Waals surface area contributed by atoms with Gasteiger partial charge in [0.05, 0.1) is 17.1 Å². The Hall–Kier alpha value is -3.20. The first-order valence-corrected chi connectivity index (χ1v) is 10.7. The van der Waals surface area contributed by atoms with Crippen molar-refractivity contribution in [3.05, 3.63) is 42.7 Å². The third kappa shape index (κ3) is 4.99. The van der Waals surface area contributed by atoms with Crippen LogP contribution in [0.5, 0.6) is 5.75 Å². The molecule has 1 fully saturated rings. The van der Waals surface area contributed by atoms with E-state index in [2.05, 4.69) is 25.6 Å². The summed E-state index contributed by atoms with van der Waals surface area (Å²) in [4.78, 5) is 24.8. The molecule has 1 aromatic carbocycles. The molecule has 1 aliphatic heterocycles. The van der Waals surface area contributed by atoms with Crippen LogP contribution in [0.25, 0.3) is 22.3 Å². The Morgan fingerprint density at radius 2 is 2.03 bits per heavy atom. The van der Waals surface area contributed by atoms with E-state index in [0.29, 0.717) is 41.3 Å². The van der Waals surface area contributed by atoms with Gasteiger partial charge in [-0.2, -0.15) is 0 Å². The lowest BCUT2D eigenvalue weighted by Crippen LogP contribution is -2.47. The molecule has 1 aliphatic rings. The van der Waals surface area contributed by atoms with E-state index in [-0.39, 0.29) is 31.9 Å². The molecule has 0 aliphatic carbocycles. The molecule has 1 saturated heterocycles. The number of Topliss-reactive ketones (excluding diaryl/α,β-unsaturated/α-hetero) is 1. The van der Waals surface area contributed by atoms with Gasteiger partial charge in [0.2, 0.25) is 0 Å². The standard InChI is InChI=1S/C23H25F2N5O2/c1-2-17(31)14-32-18-5-3-15(4-6-18)19-11-20-21(28-10-9-27-20)22(30-19)29-13-16-12-26-8-7-23(16,24)25/h3-6,9-11,16,26H,2,7-8,12-14H2,1H3,(H,29,30).